The number of Topliss-reactive ketones (excluding diaryl/α,β-unsaturated/α-hetero) is 1. The second-order valence-corrected chi connectivity index (χ2v) is 39.1. The van der Waals surface area contributed by atoms with Gasteiger partial charge >= 0.3 is 46.9 Å². The molecule has 0 aromatic carbocycles. The summed E-state index contributed by atoms with van der Waals surface area (Å²) < 4.78 is 274. The summed E-state index contributed by atoms with van der Waals surface area (Å²) in [6.07, 6.45) is -34.8. The zero-order chi connectivity index (χ0) is 95.5. The van der Waals surface area contributed by atoms with E-state index in [9.17, 15) is 80.7 Å². The van der Waals surface area contributed by atoms with Crippen LogP contribution < -0.4 is 39.4 Å². The number of nitrogens with two attached hydrogens (primary N) is 3. The number of carbonyl (C=O) groups excluding carboxylic acids is 1. The van der Waals surface area contributed by atoms with E-state index >= 15 is 26.3 Å². The lowest BCUT2D eigenvalue weighted by Crippen LogP contribution is -2.37. The third-order valence-electron chi connectivity index (χ3n) is 22.0. The highest BCUT2D eigenvalue weighted by molar-refractivity contribution is 7.48. The Morgan fingerprint density at radius 2 is 0.659 bits per heavy atom. The van der Waals surface area contributed by atoms with Gasteiger partial charge in [-0.05, 0) is 13.0 Å². The number of nitrogens with zero attached hydrogens (tertiary/aromatic N) is 18. The van der Waals surface area contributed by atoms with Crippen molar-refractivity contribution in [2.24, 2.45) is 4.99 Å². The average molecular weight is 2030 g/mol. The second-order valence-electron chi connectivity index (χ2n) is 30.6. The van der Waals surface area contributed by atoms with Gasteiger partial charge in [-0.3, -0.25) is 116 Å². The number of aromatic amines is 4. The van der Waals surface area contributed by atoms with Gasteiger partial charge in [0.25, 0.3) is 22.2 Å². The van der Waals surface area contributed by atoms with E-state index in [1.165, 1.54) is 31.7 Å². The molecule has 16 N–H and O–H groups in total. The molecular weight excluding hydrogens is 1970 g/mol. The van der Waals surface area contributed by atoms with Gasteiger partial charge in [-0.25, -0.2) is 104 Å². The molecule has 0 saturated carbocycles. The number of aliphatic imine (C=N–C) groups is 1. The number of fused-ring (bicyclic) bond motifs is 12. The summed E-state index contributed by atoms with van der Waals surface area (Å²) in [6, 6.07) is 1.47. The molecule has 10 aliphatic rings. The summed E-state index contributed by atoms with van der Waals surface area (Å²) >= 11 is 0. The van der Waals surface area contributed by atoms with Gasteiger partial charge in [0.1, 0.15) is 84.6 Å². The molecule has 0 aliphatic carbocycles. The smallest absolute Gasteiger partial charge is 0.397 e. The lowest BCUT2D eigenvalue weighted by molar-refractivity contribution is -0.0665. The van der Waals surface area contributed by atoms with Crippen molar-refractivity contribution in [3.8, 4) is 0 Å². The molecule has 0 amide bonds. The molecule has 10 aliphatic heterocycles. The number of hydrogen-bond acceptors (Lipinski definition) is 44. The molecule has 30 atom stereocenters. The Labute approximate surface area is 740 Å². The topological polar surface area (TPSA) is 800 Å². The Hall–Kier alpha value is -10.0. The summed E-state index contributed by atoms with van der Waals surface area (Å²) in [5.74, 6) is -0.893. The number of H-pyrrole nitrogens is 4. The molecule has 135 heavy (non-hydrogen) atoms. The van der Waals surface area contributed by atoms with Crippen molar-refractivity contribution >= 4 is 138 Å². The second kappa shape index (κ2) is 35.4. The van der Waals surface area contributed by atoms with Gasteiger partial charge in [-0.1, -0.05) is 0 Å². The van der Waals surface area contributed by atoms with Crippen molar-refractivity contribution in [1.82, 2.24) is 102 Å². The zero-order valence-electron chi connectivity index (χ0n) is 67.3. The number of ether oxygens (including phenoxy) is 6. The largest absolute Gasteiger partial charge is 0.472 e. The first kappa shape index (κ1) is 94.0. The summed E-state index contributed by atoms with van der Waals surface area (Å²) in [5.41, 5.74) is 13.5. The Morgan fingerprint density at radius 3 is 1.01 bits per heavy atom. The number of hydrogen-bond donors (Lipinski definition) is 13. The highest BCUT2D eigenvalue weighted by atomic mass is 31.2. The van der Waals surface area contributed by atoms with Crippen LogP contribution in [-0.2, 0) is 110 Å². The minimum Gasteiger partial charge on any atom is -0.397 e. The van der Waals surface area contributed by atoms with Crippen molar-refractivity contribution in [1.29, 1.82) is 0 Å². The number of aromatic nitrogens is 21. The zero-order valence-corrected chi connectivity index (χ0v) is 72.7. The first-order valence-electron chi connectivity index (χ1n) is 39.1. The number of rotatable bonds is 6. The van der Waals surface area contributed by atoms with E-state index in [1.54, 1.807) is 0 Å². The Morgan fingerprint density at radius 1 is 0.370 bits per heavy atom. The van der Waals surface area contributed by atoms with Crippen LogP contribution >= 0.6 is 46.9 Å². The highest BCUT2D eigenvalue weighted by Crippen LogP contribution is 2.60. The summed E-state index contributed by atoms with van der Waals surface area (Å²) in [7, 11) is -31.0. The van der Waals surface area contributed by atoms with E-state index in [-0.39, 0.29) is 103 Å². The highest BCUT2D eigenvalue weighted by Gasteiger charge is 2.61. The monoisotopic (exact) mass is 2030 g/mol. The van der Waals surface area contributed by atoms with Gasteiger partial charge in [0.15, 0.2) is 142 Å². The van der Waals surface area contributed by atoms with Crippen LogP contribution in [0.2, 0.25) is 0 Å². The fourth-order valence-corrected chi connectivity index (χ4v) is 21.8. The molecule has 0 spiro atoms. The van der Waals surface area contributed by atoms with Crippen LogP contribution in [0.3, 0.4) is 0 Å². The molecule has 0 bridgehead atoms. The van der Waals surface area contributed by atoms with Gasteiger partial charge in [0, 0.05) is 18.8 Å². The number of phosphoric ester groups is 6. The molecule has 21 heterocycles. The minimum atomic E-state index is -5.20. The number of phosphoric acid groups is 6. The van der Waals surface area contributed by atoms with Crippen LogP contribution in [0.1, 0.15) is 60.1 Å². The van der Waals surface area contributed by atoms with Crippen LogP contribution in [0.4, 0.5) is 49.7 Å². The first-order valence-corrected chi connectivity index (χ1v) is 48.1. The predicted molar refractivity (Wildman–Crippen MR) is 424 cm³/mol. The number of pyridine rings is 1. The minimum absolute atomic E-state index is 0.0184. The molecule has 72 heteroatoms. The number of nitrogens with one attached hydrogen (secondary N) is 4. The van der Waals surface area contributed by atoms with Crippen molar-refractivity contribution in [2.75, 3.05) is 56.8 Å². The molecule has 60 nitrogen and oxygen atoms in total. The third kappa shape index (κ3) is 18.0. The van der Waals surface area contributed by atoms with Crippen LogP contribution in [0.15, 0.2) is 80.7 Å². The first-order chi connectivity index (χ1) is 63.9. The van der Waals surface area contributed by atoms with Crippen molar-refractivity contribution < 1.29 is 171 Å². The predicted octanol–water partition coefficient (Wildman–Crippen LogP) is 0.644. The van der Waals surface area contributed by atoms with E-state index in [2.05, 4.69) is 79.8 Å². The lowest BCUT2D eigenvalue weighted by Gasteiger charge is -2.27. The molecule has 21 rings (SSSR count). The Bertz CT molecular complexity index is 6970. The lowest BCUT2D eigenvalue weighted by atomic mass is 10.1. The quantitative estimate of drug-likeness (QED) is 0.0802. The molecule has 11 aromatic heterocycles. The molecular formula is C63H67F6N25O35P6. The number of alkyl halides is 6. The van der Waals surface area contributed by atoms with Crippen LogP contribution in [-0.4, -0.2) is 293 Å². The molecule has 726 valence electrons. The van der Waals surface area contributed by atoms with E-state index in [0.717, 1.165) is 65.4 Å². The Kier molecular flexibility index (Phi) is 24.7. The summed E-state index contributed by atoms with van der Waals surface area (Å²) in [6.45, 7) is -4.23. The maximum Gasteiger partial charge on any atom is 0.472 e. The third-order valence-corrected chi connectivity index (χ3v) is 27.9. The number of anilines is 3. The van der Waals surface area contributed by atoms with E-state index < -0.39 is 256 Å². The van der Waals surface area contributed by atoms with E-state index in [4.69, 9.17) is 99.9 Å². The number of nitrogen functional groups attached to an aromatic ring is 3. The van der Waals surface area contributed by atoms with Crippen molar-refractivity contribution in [3.63, 3.8) is 0 Å². The maximum atomic E-state index is 15.9. The molecule has 9 saturated heterocycles. The van der Waals surface area contributed by atoms with E-state index in [1.807, 2.05) is 0 Å². The number of halogens is 6. The van der Waals surface area contributed by atoms with Crippen LogP contribution in [0.25, 0.3) is 55.8 Å². The normalized spacial score (nSPS) is 38.1. The fourth-order valence-electron chi connectivity index (χ4n) is 16.0. The number of imidazole rings is 6. The maximum absolute atomic E-state index is 15.9. The number of aryl methyl sites for hydroxylation is 1. The summed E-state index contributed by atoms with van der Waals surface area (Å²) in [4.78, 5) is 181. The SMILES string of the molecule is Cc1nc2c(ncn2C2OC3COP(=O)(O)O[C@@H]4C(COP(=O)(O)O[C@H]3[C@H]2F)OC(n2cnc3c(=O)[nH]c(N)nc32)[C@@H]4F)c(=O)[nH]1.Nc1nc2c(ncn2C2OC3COP(=O)(O)O[C@@H]4C(COP(=O)(O)O[C@H]3[C@H]2F)OC(n2cnc3c(N)ccnc32)[C@@H]4F)c(=O)[nH]1.O=C1CC=Nc2c1ncn2C1OC2COP(=O)(O)O[C@@H]3C(COP(=O)(O)O[C@H]2[C@H]1F)OC(n1cnc2c(=O)[nH]cnc21)[C@@H]3F. The number of ketones is 1. The van der Waals surface area contributed by atoms with Crippen molar-refractivity contribution in [3.05, 3.63) is 109 Å². The van der Waals surface area contributed by atoms with Gasteiger partial charge in [0.05, 0.1) is 89.6 Å². The van der Waals surface area contributed by atoms with Crippen LogP contribution in [0.5, 0.6) is 0 Å². The molecule has 9 fully saturated rings. The average Bonchev–Trinajstić information content (AvgIpc) is 1.61. The number of carbonyl (C=O) groups is 1. The fraction of sp³-hybridized carbons (Fsp3) is 0.508. The van der Waals surface area contributed by atoms with E-state index in [0.29, 0.717) is 0 Å². The van der Waals surface area contributed by atoms with Gasteiger partial charge < -0.3 is 85.0 Å². The Balaban J connectivity index is 0.000000130. The van der Waals surface area contributed by atoms with Gasteiger partial charge in [-0.15, -0.1) is 0 Å². The standard InChI is InChI=1S/C21H23F2N9O12P2.C21H23F2N9O11P2.C21H21F2N7O12P2/c1-6-27-15-11(17(33)28-6)25-4-31(15)19-9(22)13-7(41-19)2-39-46(37,38)44-14-8(3-40-45(35,36)43-13)42-20(10(14)23)32-5-26-12-16(32)29-21(24)30-18(12)34;22-10-14-8(40-19(10)31-5-27-12-7(24)1-2-26-16(12)31)3-38-45(36,37)43-15-9(4-39-44(34,35)42-14)41-20(11(15)23)32-6-28-13-17(32)29-21(25)30-18(13)33;22-11-15-9(39-20(11)29-6-27-13-8(31)1-2-24-17(13)29)3-37-44(35,36)42-16-10(4-38-43(33,34)41-15)40-21(12(16)23)30-7-28-14-18(30)25-5-26-19(14)32/h4-5,7-10,13-14,19-20H,2-3H2,1H3,(H,35,36)(H,37,38)(H,27,28,33)(H3,24,29,30,34);1-2,5-6,8-11,14-15,19-20H,3-4H2,(H2,24,26)(H,34,35)(H,36,37)(H3,25,29,30,33);2,5-7,9-12,15-16,20-21H,1,3-4H2,(H,33,34)(H,35,36)(H,25,26,32)/t7?,8?,9-,10-,13-,14-,19?,20?;8?,9?,10-,11-,14-,15-,19?,20?;9?,10?,11-,12-,15-,16-,20?,21?/m111/s1. The molecule has 0 radical (unpaired) electrons. The van der Waals surface area contributed by atoms with Gasteiger partial charge in [-0.2, -0.15) is 9.97 Å². The summed E-state index contributed by atoms with van der Waals surface area (Å²) in [5, 5.41) is 0. The van der Waals surface area contributed by atoms with Gasteiger partial charge in [0.2, 0.25) is 11.9 Å². The molecule has 18 unspecified atom stereocenters. The van der Waals surface area contributed by atoms with Crippen LogP contribution in [0, 0.1) is 6.92 Å². The molecule has 11 aromatic rings. The van der Waals surface area contributed by atoms with Crippen molar-refractivity contribution in [2.45, 2.75) is 161 Å².